The van der Waals surface area contributed by atoms with Crippen molar-refractivity contribution in [2.75, 3.05) is 14.2 Å². The molecule has 0 radical (unpaired) electrons. The van der Waals surface area contributed by atoms with Crippen molar-refractivity contribution in [2.45, 2.75) is 20.0 Å². The van der Waals surface area contributed by atoms with Gasteiger partial charge in [-0.15, -0.1) is 5.10 Å². The zero-order chi connectivity index (χ0) is 13.0. The van der Waals surface area contributed by atoms with Crippen molar-refractivity contribution in [2.24, 2.45) is 0 Å². The van der Waals surface area contributed by atoms with Gasteiger partial charge in [-0.1, -0.05) is 5.21 Å². The van der Waals surface area contributed by atoms with Crippen molar-refractivity contribution >= 4 is 0 Å². The second kappa shape index (κ2) is 5.64. The van der Waals surface area contributed by atoms with Crippen LogP contribution in [-0.4, -0.2) is 29.2 Å². The number of aromatic nitrogens is 3. The molecule has 5 heteroatoms. The Morgan fingerprint density at radius 1 is 1.39 bits per heavy atom. The molecule has 0 aliphatic carbocycles. The van der Waals surface area contributed by atoms with Gasteiger partial charge in [0, 0.05) is 18.7 Å². The molecule has 0 amide bonds. The minimum atomic E-state index is 0.779. The molecule has 0 atom stereocenters. The second-order valence-corrected chi connectivity index (χ2v) is 3.99. The van der Waals surface area contributed by atoms with Gasteiger partial charge in [-0.25, -0.2) is 4.68 Å². The maximum atomic E-state index is 5.26. The number of methoxy groups -OCH3 is 1. The van der Waals surface area contributed by atoms with E-state index in [9.17, 15) is 0 Å². The molecule has 0 bridgehead atoms. The number of hydrogen-bond acceptors (Lipinski definition) is 4. The molecule has 18 heavy (non-hydrogen) atoms. The molecule has 2 rings (SSSR count). The molecule has 2 aromatic rings. The molecule has 0 saturated heterocycles. The topological polar surface area (TPSA) is 52.0 Å². The standard InChI is InChI=1S/C13H18N4O/c1-4-17-13(9-15-16-17)12-6-5-11(18-3)7-10(12)8-14-2/h5-7,9,14H,4,8H2,1-3H3. The van der Waals surface area contributed by atoms with Gasteiger partial charge < -0.3 is 10.1 Å². The summed E-state index contributed by atoms with van der Waals surface area (Å²) in [5, 5.41) is 11.2. The Labute approximate surface area is 107 Å². The number of hydrogen-bond donors (Lipinski definition) is 1. The highest BCUT2D eigenvalue weighted by atomic mass is 16.5. The normalized spacial score (nSPS) is 10.6. The predicted molar refractivity (Wildman–Crippen MR) is 70.4 cm³/mol. The monoisotopic (exact) mass is 246 g/mol. The first-order valence-corrected chi connectivity index (χ1v) is 6.00. The van der Waals surface area contributed by atoms with E-state index in [4.69, 9.17) is 4.74 Å². The van der Waals surface area contributed by atoms with Crippen LogP contribution in [0.15, 0.2) is 24.4 Å². The van der Waals surface area contributed by atoms with Gasteiger partial charge in [-0.3, -0.25) is 0 Å². The molecular weight excluding hydrogens is 228 g/mol. The van der Waals surface area contributed by atoms with Crippen molar-refractivity contribution in [3.63, 3.8) is 0 Å². The van der Waals surface area contributed by atoms with Crippen LogP contribution in [0.5, 0.6) is 5.75 Å². The summed E-state index contributed by atoms with van der Waals surface area (Å²) in [4.78, 5) is 0. The van der Waals surface area contributed by atoms with Crippen LogP contribution >= 0.6 is 0 Å². The lowest BCUT2D eigenvalue weighted by molar-refractivity contribution is 0.414. The molecule has 5 nitrogen and oxygen atoms in total. The molecule has 1 aromatic carbocycles. The van der Waals surface area contributed by atoms with E-state index in [0.29, 0.717) is 0 Å². The van der Waals surface area contributed by atoms with E-state index >= 15 is 0 Å². The van der Waals surface area contributed by atoms with E-state index in [-0.39, 0.29) is 0 Å². The Morgan fingerprint density at radius 3 is 2.89 bits per heavy atom. The van der Waals surface area contributed by atoms with Crippen LogP contribution in [0.4, 0.5) is 0 Å². The smallest absolute Gasteiger partial charge is 0.119 e. The Kier molecular flexibility index (Phi) is 3.94. The van der Waals surface area contributed by atoms with Crippen molar-refractivity contribution in [3.8, 4) is 17.0 Å². The van der Waals surface area contributed by atoms with Gasteiger partial charge in [-0.2, -0.15) is 0 Å². The van der Waals surface area contributed by atoms with E-state index in [1.54, 1.807) is 13.3 Å². The van der Waals surface area contributed by atoms with Crippen LogP contribution in [0.1, 0.15) is 12.5 Å². The summed E-state index contributed by atoms with van der Waals surface area (Å²) < 4.78 is 7.15. The zero-order valence-electron chi connectivity index (χ0n) is 11.0. The molecule has 0 saturated carbocycles. The number of rotatable bonds is 5. The van der Waals surface area contributed by atoms with E-state index in [2.05, 4.69) is 28.6 Å². The Bertz CT molecular complexity index is 521. The predicted octanol–water partition coefficient (Wildman–Crippen LogP) is 1.69. The summed E-state index contributed by atoms with van der Waals surface area (Å²) in [6.07, 6.45) is 1.80. The van der Waals surface area contributed by atoms with E-state index in [0.717, 1.165) is 30.1 Å². The molecule has 0 unspecified atom stereocenters. The van der Waals surface area contributed by atoms with Crippen molar-refractivity contribution in [1.82, 2.24) is 20.3 Å². The third kappa shape index (κ3) is 2.36. The summed E-state index contributed by atoms with van der Waals surface area (Å²) >= 11 is 0. The fraction of sp³-hybridized carbons (Fsp3) is 0.385. The molecule has 1 N–H and O–H groups in total. The third-order valence-corrected chi connectivity index (χ3v) is 2.87. The van der Waals surface area contributed by atoms with Crippen LogP contribution in [0.3, 0.4) is 0 Å². The van der Waals surface area contributed by atoms with Gasteiger partial charge in [0.25, 0.3) is 0 Å². The van der Waals surface area contributed by atoms with Crippen LogP contribution < -0.4 is 10.1 Å². The average Bonchev–Trinajstić information content (AvgIpc) is 2.87. The molecule has 1 heterocycles. The minimum Gasteiger partial charge on any atom is -0.497 e. The number of ether oxygens (including phenoxy) is 1. The lowest BCUT2D eigenvalue weighted by Crippen LogP contribution is -2.08. The number of aryl methyl sites for hydroxylation is 1. The first-order valence-electron chi connectivity index (χ1n) is 6.00. The summed E-state index contributed by atoms with van der Waals surface area (Å²) in [5.74, 6) is 0.861. The molecule has 0 fully saturated rings. The highest BCUT2D eigenvalue weighted by Crippen LogP contribution is 2.26. The van der Waals surface area contributed by atoms with Gasteiger partial charge in [0.05, 0.1) is 19.0 Å². The van der Waals surface area contributed by atoms with E-state index in [1.165, 1.54) is 5.56 Å². The van der Waals surface area contributed by atoms with Crippen molar-refractivity contribution in [3.05, 3.63) is 30.0 Å². The van der Waals surface area contributed by atoms with Crippen LogP contribution in [0, 0.1) is 0 Å². The Hall–Kier alpha value is -1.88. The van der Waals surface area contributed by atoms with Gasteiger partial charge >= 0.3 is 0 Å². The van der Waals surface area contributed by atoms with Crippen LogP contribution in [0.2, 0.25) is 0 Å². The first kappa shape index (κ1) is 12.6. The number of nitrogens with one attached hydrogen (secondary N) is 1. The number of benzene rings is 1. The van der Waals surface area contributed by atoms with Gasteiger partial charge in [0.15, 0.2) is 0 Å². The molecule has 1 aromatic heterocycles. The molecule has 0 spiro atoms. The summed E-state index contributed by atoms with van der Waals surface area (Å²) in [7, 11) is 3.61. The SMILES string of the molecule is CCn1nncc1-c1ccc(OC)cc1CNC. The maximum Gasteiger partial charge on any atom is 0.119 e. The fourth-order valence-corrected chi connectivity index (χ4v) is 1.98. The van der Waals surface area contributed by atoms with Crippen LogP contribution in [0.25, 0.3) is 11.3 Å². The quantitative estimate of drug-likeness (QED) is 0.872. The van der Waals surface area contributed by atoms with Gasteiger partial charge in [-0.05, 0) is 37.7 Å². The largest absolute Gasteiger partial charge is 0.497 e. The summed E-state index contributed by atoms with van der Waals surface area (Å²) in [6, 6.07) is 6.05. The first-order chi connectivity index (χ1) is 8.80. The highest BCUT2D eigenvalue weighted by molar-refractivity contribution is 5.64. The zero-order valence-corrected chi connectivity index (χ0v) is 11.0. The van der Waals surface area contributed by atoms with Crippen molar-refractivity contribution in [1.29, 1.82) is 0 Å². The van der Waals surface area contributed by atoms with Gasteiger partial charge in [0.2, 0.25) is 0 Å². The Morgan fingerprint density at radius 2 is 2.22 bits per heavy atom. The lowest BCUT2D eigenvalue weighted by Gasteiger charge is -2.11. The summed E-state index contributed by atoms with van der Waals surface area (Å²) in [6.45, 7) is 3.64. The van der Waals surface area contributed by atoms with E-state index in [1.807, 2.05) is 23.9 Å². The van der Waals surface area contributed by atoms with E-state index < -0.39 is 0 Å². The average molecular weight is 246 g/mol. The molecular formula is C13H18N4O. The lowest BCUT2D eigenvalue weighted by atomic mass is 10.0. The second-order valence-electron chi connectivity index (χ2n) is 3.99. The maximum absolute atomic E-state index is 5.26. The van der Waals surface area contributed by atoms with Crippen molar-refractivity contribution < 1.29 is 4.74 Å². The summed E-state index contributed by atoms with van der Waals surface area (Å²) in [5.41, 5.74) is 3.34. The molecule has 0 aliphatic heterocycles. The minimum absolute atomic E-state index is 0.779. The fourth-order valence-electron chi connectivity index (χ4n) is 1.98. The van der Waals surface area contributed by atoms with Crippen LogP contribution in [-0.2, 0) is 13.1 Å². The molecule has 0 aliphatic rings. The Balaban J connectivity index is 2.49. The third-order valence-electron chi connectivity index (χ3n) is 2.87. The molecule has 96 valence electrons. The highest BCUT2D eigenvalue weighted by Gasteiger charge is 2.11. The number of nitrogens with zero attached hydrogens (tertiary/aromatic N) is 3. The van der Waals surface area contributed by atoms with Gasteiger partial charge in [0.1, 0.15) is 5.75 Å².